The first-order valence-electron chi connectivity index (χ1n) is 6.66. The number of rotatable bonds is 5. The van der Waals surface area contributed by atoms with Crippen LogP contribution in [-0.2, 0) is 6.42 Å². The Balaban J connectivity index is 2.30. The van der Waals surface area contributed by atoms with Crippen LogP contribution in [-0.4, -0.2) is 6.04 Å². The van der Waals surface area contributed by atoms with Crippen molar-refractivity contribution in [1.29, 1.82) is 0 Å². The van der Waals surface area contributed by atoms with E-state index >= 15 is 0 Å². The Labute approximate surface area is 127 Å². The molecule has 2 rings (SSSR count). The van der Waals surface area contributed by atoms with E-state index in [0.717, 1.165) is 24.1 Å². The van der Waals surface area contributed by atoms with Gasteiger partial charge in [-0.25, -0.2) is 8.78 Å². The topological polar surface area (TPSA) is 35.2 Å². The van der Waals surface area contributed by atoms with Crippen molar-refractivity contribution in [3.63, 3.8) is 0 Å². The first kappa shape index (κ1) is 15.7. The second kappa shape index (κ2) is 6.87. The molecular weight excluding hydrogens is 296 g/mol. The lowest BCUT2D eigenvalue weighted by Crippen LogP contribution is -2.21. The van der Waals surface area contributed by atoms with Gasteiger partial charge in [-0.2, -0.15) is 0 Å². The fourth-order valence-electron chi connectivity index (χ4n) is 1.91. The molecule has 0 aliphatic rings. The molecule has 1 unspecified atom stereocenters. The van der Waals surface area contributed by atoms with Crippen LogP contribution in [0.4, 0.5) is 8.78 Å². The molecule has 0 radical (unpaired) electrons. The van der Waals surface area contributed by atoms with E-state index in [1.165, 1.54) is 6.07 Å². The van der Waals surface area contributed by atoms with Crippen molar-refractivity contribution in [3.8, 4) is 11.5 Å². The van der Waals surface area contributed by atoms with E-state index < -0.39 is 11.6 Å². The van der Waals surface area contributed by atoms with Gasteiger partial charge in [-0.1, -0.05) is 18.5 Å². The van der Waals surface area contributed by atoms with Gasteiger partial charge in [0.1, 0.15) is 11.6 Å². The lowest BCUT2D eigenvalue weighted by atomic mass is 10.0. The minimum atomic E-state index is -0.754. The molecule has 1 atom stereocenters. The third-order valence-electron chi connectivity index (χ3n) is 3.14. The summed E-state index contributed by atoms with van der Waals surface area (Å²) in [5.74, 6) is -0.973. The molecule has 0 saturated heterocycles. The van der Waals surface area contributed by atoms with Crippen molar-refractivity contribution in [2.24, 2.45) is 5.73 Å². The summed E-state index contributed by atoms with van der Waals surface area (Å²) in [6.07, 6.45) is 1.37. The SMILES string of the molecule is CCC(N)Cc1cc(Cl)ccc1Oc1ccc(F)cc1F. The first-order valence-corrected chi connectivity index (χ1v) is 7.04. The monoisotopic (exact) mass is 311 g/mol. The van der Waals surface area contributed by atoms with Gasteiger partial charge in [0.2, 0.25) is 0 Å². The predicted octanol–water partition coefficient (Wildman–Crippen LogP) is 4.69. The van der Waals surface area contributed by atoms with Crippen LogP contribution in [0.2, 0.25) is 5.02 Å². The zero-order valence-corrected chi connectivity index (χ0v) is 12.3. The normalized spacial score (nSPS) is 12.2. The minimum absolute atomic E-state index is 0.0370. The number of halogens is 3. The molecule has 112 valence electrons. The summed E-state index contributed by atoms with van der Waals surface area (Å²) in [7, 11) is 0. The maximum absolute atomic E-state index is 13.7. The quantitative estimate of drug-likeness (QED) is 0.869. The Morgan fingerprint density at radius 2 is 1.86 bits per heavy atom. The molecule has 0 fully saturated rings. The number of benzene rings is 2. The first-order chi connectivity index (χ1) is 9.99. The Bertz CT molecular complexity index is 634. The Hall–Kier alpha value is -1.65. The molecule has 0 bridgehead atoms. The second-order valence-corrected chi connectivity index (χ2v) is 5.24. The molecule has 5 heteroatoms. The van der Waals surface area contributed by atoms with Gasteiger partial charge in [-0.05, 0) is 48.7 Å². The van der Waals surface area contributed by atoms with Crippen molar-refractivity contribution >= 4 is 11.6 Å². The molecule has 0 aromatic heterocycles. The van der Waals surface area contributed by atoms with E-state index in [2.05, 4.69) is 0 Å². The Morgan fingerprint density at radius 1 is 1.14 bits per heavy atom. The van der Waals surface area contributed by atoms with Gasteiger partial charge in [0, 0.05) is 17.1 Å². The number of ether oxygens (including phenoxy) is 1. The predicted molar refractivity (Wildman–Crippen MR) is 79.9 cm³/mol. The maximum Gasteiger partial charge on any atom is 0.168 e. The summed E-state index contributed by atoms with van der Waals surface area (Å²) in [6, 6.07) is 8.19. The summed E-state index contributed by atoms with van der Waals surface area (Å²) < 4.78 is 32.1. The number of nitrogens with two attached hydrogens (primary N) is 1. The zero-order valence-electron chi connectivity index (χ0n) is 11.6. The average molecular weight is 312 g/mol. The minimum Gasteiger partial charge on any atom is -0.454 e. The van der Waals surface area contributed by atoms with Gasteiger partial charge >= 0.3 is 0 Å². The van der Waals surface area contributed by atoms with Gasteiger partial charge in [-0.15, -0.1) is 0 Å². The Morgan fingerprint density at radius 3 is 2.52 bits per heavy atom. The van der Waals surface area contributed by atoms with Crippen molar-refractivity contribution in [3.05, 3.63) is 58.6 Å². The molecule has 0 spiro atoms. The fraction of sp³-hybridized carbons (Fsp3) is 0.250. The van der Waals surface area contributed by atoms with Gasteiger partial charge in [0.05, 0.1) is 0 Å². The van der Waals surface area contributed by atoms with Crippen LogP contribution in [0.5, 0.6) is 11.5 Å². The summed E-state index contributed by atoms with van der Waals surface area (Å²) in [5, 5.41) is 0.556. The van der Waals surface area contributed by atoms with Crippen molar-refractivity contribution in [1.82, 2.24) is 0 Å². The molecule has 2 aromatic rings. The van der Waals surface area contributed by atoms with E-state index in [1.807, 2.05) is 6.92 Å². The highest BCUT2D eigenvalue weighted by atomic mass is 35.5. The molecule has 0 aliphatic carbocycles. The van der Waals surface area contributed by atoms with E-state index in [0.29, 0.717) is 17.2 Å². The molecule has 0 saturated carbocycles. The average Bonchev–Trinajstić information content (AvgIpc) is 2.44. The highest BCUT2D eigenvalue weighted by Crippen LogP contribution is 2.30. The molecule has 0 amide bonds. The van der Waals surface area contributed by atoms with Gasteiger partial charge in [-0.3, -0.25) is 0 Å². The van der Waals surface area contributed by atoms with Gasteiger partial charge in [0.15, 0.2) is 11.6 Å². The second-order valence-electron chi connectivity index (χ2n) is 4.80. The van der Waals surface area contributed by atoms with Crippen LogP contribution in [0.15, 0.2) is 36.4 Å². The van der Waals surface area contributed by atoms with Gasteiger partial charge < -0.3 is 10.5 Å². The molecule has 21 heavy (non-hydrogen) atoms. The smallest absolute Gasteiger partial charge is 0.168 e. The highest BCUT2D eigenvalue weighted by Gasteiger charge is 2.12. The third kappa shape index (κ3) is 4.16. The van der Waals surface area contributed by atoms with E-state index in [9.17, 15) is 8.78 Å². The molecule has 2 aromatic carbocycles. The fourth-order valence-corrected chi connectivity index (χ4v) is 2.11. The lowest BCUT2D eigenvalue weighted by molar-refractivity contribution is 0.431. The zero-order chi connectivity index (χ0) is 15.4. The summed E-state index contributed by atoms with van der Waals surface area (Å²) in [6.45, 7) is 1.98. The van der Waals surface area contributed by atoms with Gasteiger partial charge in [0.25, 0.3) is 0 Å². The van der Waals surface area contributed by atoms with Crippen LogP contribution in [0.1, 0.15) is 18.9 Å². The number of hydrogen-bond donors (Lipinski definition) is 1. The Kier molecular flexibility index (Phi) is 5.15. The molecule has 0 heterocycles. The van der Waals surface area contributed by atoms with Crippen LogP contribution >= 0.6 is 11.6 Å². The van der Waals surface area contributed by atoms with Crippen LogP contribution in [0.3, 0.4) is 0 Å². The van der Waals surface area contributed by atoms with Crippen LogP contribution in [0.25, 0.3) is 0 Å². The molecule has 2 N–H and O–H groups in total. The molecule has 2 nitrogen and oxygen atoms in total. The largest absolute Gasteiger partial charge is 0.454 e. The van der Waals surface area contributed by atoms with Crippen molar-refractivity contribution in [2.75, 3.05) is 0 Å². The summed E-state index contributed by atoms with van der Waals surface area (Å²) in [5.41, 5.74) is 6.74. The summed E-state index contributed by atoms with van der Waals surface area (Å²) >= 11 is 5.98. The van der Waals surface area contributed by atoms with E-state index in [-0.39, 0.29) is 11.8 Å². The van der Waals surface area contributed by atoms with Crippen molar-refractivity contribution < 1.29 is 13.5 Å². The molecular formula is C16H16ClF2NO. The summed E-state index contributed by atoms with van der Waals surface area (Å²) in [4.78, 5) is 0. The molecule has 0 aliphatic heterocycles. The van der Waals surface area contributed by atoms with Crippen molar-refractivity contribution in [2.45, 2.75) is 25.8 Å². The van der Waals surface area contributed by atoms with Crippen LogP contribution < -0.4 is 10.5 Å². The van der Waals surface area contributed by atoms with Crippen LogP contribution in [0, 0.1) is 11.6 Å². The maximum atomic E-state index is 13.7. The van der Waals surface area contributed by atoms with E-state index in [4.69, 9.17) is 22.1 Å². The highest BCUT2D eigenvalue weighted by molar-refractivity contribution is 6.30. The van der Waals surface area contributed by atoms with E-state index in [1.54, 1.807) is 18.2 Å². The standard InChI is InChI=1S/C16H16ClF2NO/c1-2-13(20)8-10-7-11(17)3-5-15(10)21-16-6-4-12(18)9-14(16)19/h3-7,9,13H,2,8,20H2,1H3. The number of hydrogen-bond acceptors (Lipinski definition) is 2. The lowest BCUT2D eigenvalue weighted by Gasteiger charge is -2.15. The third-order valence-corrected chi connectivity index (χ3v) is 3.38.